The average Bonchev–Trinajstić information content (AvgIpc) is 2.74. The van der Waals surface area contributed by atoms with Crippen LogP contribution in [-0.4, -0.2) is 51.0 Å². The maximum absolute atomic E-state index is 13.7. The van der Waals surface area contributed by atoms with Crippen LogP contribution in [0.1, 0.15) is 24.5 Å². The summed E-state index contributed by atoms with van der Waals surface area (Å²) in [6, 6.07) is 9.09. The van der Waals surface area contributed by atoms with Crippen LogP contribution in [-0.2, 0) is 26.2 Å². The highest BCUT2D eigenvalue weighted by atomic mass is 32.2. The summed E-state index contributed by atoms with van der Waals surface area (Å²) in [4.78, 5) is 27.0. The number of amides is 2. The molecular weight excluding hydrogens is 440 g/mol. The second kappa shape index (κ2) is 10.5. The molecule has 0 saturated heterocycles. The number of carbonyl (C=O) groups is 2. The molecule has 0 aliphatic carbocycles. The predicted octanol–water partition coefficient (Wildman–Crippen LogP) is 2.59. The third-order valence-electron chi connectivity index (χ3n) is 4.98. The molecule has 2 amide bonds. The zero-order valence-electron chi connectivity index (χ0n) is 18.4. The second-order valence-electron chi connectivity index (χ2n) is 7.41. The van der Waals surface area contributed by atoms with Crippen molar-refractivity contribution in [2.24, 2.45) is 0 Å². The van der Waals surface area contributed by atoms with E-state index in [9.17, 15) is 26.8 Å². The van der Waals surface area contributed by atoms with Crippen molar-refractivity contribution in [3.63, 3.8) is 0 Å². The van der Waals surface area contributed by atoms with Crippen molar-refractivity contribution >= 4 is 27.5 Å². The number of sulfonamides is 1. The summed E-state index contributed by atoms with van der Waals surface area (Å²) in [7, 11) is -2.57. The van der Waals surface area contributed by atoms with E-state index in [1.54, 1.807) is 6.92 Å². The van der Waals surface area contributed by atoms with Gasteiger partial charge in [0, 0.05) is 19.7 Å². The van der Waals surface area contributed by atoms with Gasteiger partial charge in [0.05, 0.1) is 11.9 Å². The molecule has 32 heavy (non-hydrogen) atoms. The van der Waals surface area contributed by atoms with Gasteiger partial charge in [-0.1, -0.05) is 36.8 Å². The first-order valence-electron chi connectivity index (χ1n) is 9.97. The van der Waals surface area contributed by atoms with Crippen molar-refractivity contribution in [1.29, 1.82) is 0 Å². The average molecular weight is 468 g/mol. The fraction of sp³-hybridized carbons (Fsp3) is 0.364. The minimum absolute atomic E-state index is 0.0699. The van der Waals surface area contributed by atoms with Gasteiger partial charge in [0.2, 0.25) is 21.8 Å². The summed E-state index contributed by atoms with van der Waals surface area (Å²) in [6.45, 7) is 3.04. The van der Waals surface area contributed by atoms with E-state index in [1.165, 1.54) is 11.9 Å². The maximum atomic E-state index is 13.7. The Labute approximate surface area is 187 Å². The van der Waals surface area contributed by atoms with Crippen LogP contribution in [0.4, 0.5) is 14.5 Å². The number of rotatable bonds is 9. The lowest BCUT2D eigenvalue weighted by molar-refractivity contribution is -0.140. The Morgan fingerprint density at radius 3 is 2.19 bits per heavy atom. The molecule has 2 rings (SSSR count). The van der Waals surface area contributed by atoms with Crippen LogP contribution in [0.5, 0.6) is 0 Å². The number of hydrogen-bond acceptors (Lipinski definition) is 4. The number of aryl methyl sites for hydroxylation is 1. The number of hydrogen-bond donors (Lipinski definition) is 1. The first-order chi connectivity index (χ1) is 15.0. The van der Waals surface area contributed by atoms with E-state index in [1.807, 2.05) is 31.2 Å². The van der Waals surface area contributed by atoms with Gasteiger partial charge in [0.25, 0.3) is 0 Å². The van der Waals surface area contributed by atoms with Gasteiger partial charge in [0.15, 0.2) is 11.6 Å². The molecule has 2 aromatic carbocycles. The lowest BCUT2D eigenvalue weighted by Crippen LogP contribution is -2.51. The summed E-state index contributed by atoms with van der Waals surface area (Å²) >= 11 is 0. The van der Waals surface area contributed by atoms with Crippen LogP contribution in [0, 0.1) is 18.6 Å². The van der Waals surface area contributed by atoms with Crippen LogP contribution < -0.4 is 9.62 Å². The van der Waals surface area contributed by atoms with E-state index in [4.69, 9.17) is 0 Å². The number of halogens is 2. The van der Waals surface area contributed by atoms with Crippen LogP contribution in [0.15, 0.2) is 42.5 Å². The molecule has 10 heteroatoms. The molecule has 1 N–H and O–H groups in total. The van der Waals surface area contributed by atoms with Gasteiger partial charge in [-0.05, 0) is 31.0 Å². The fourth-order valence-corrected chi connectivity index (χ4v) is 4.07. The smallest absolute Gasteiger partial charge is 0.244 e. The minimum Gasteiger partial charge on any atom is -0.357 e. The van der Waals surface area contributed by atoms with Crippen molar-refractivity contribution in [3.8, 4) is 0 Å². The van der Waals surface area contributed by atoms with Gasteiger partial charge in [-0.2, -0.15) is 0 Å². The Hall–Kier alpha value is -3.01. The molecule has 2 aromatic rings. The summed E-state index contributed by atoms with van der Waals surface area (Å²) in [6.07, 6.45) is 1.16. The van der Waals surface area contributed by atoms with Crippen molar-refractivity contribution < 1.29 is 26.8 Å². The highest BCUT2D eigenvalue weighted by molar-refractivity contribution is 7.92. The van der Waals surface area contributed by atoms with E-state index < -0.39 is 46.1 Å². The quantitative estimate of drug-likeness (QED) is 0.614. The van der Waals surface area contributed by atoms with Crippen molar-refractivity contribution in [2.45, 2.75) is 32.9 Å². The second-order valence-corrected chi connectivity index (χ2v) is 9.32. The van der Waals surface area contributed by atoms with Crippen LogP contribution >= 0.6 is 0 Å². The monoisotopic (exact) mass is 467 g/mol. The Morgan fingerprint density at radius 2 is 1.69 bits per heavy atom. The van der Waals surface area contributed by atoms with Crippen LogP contribution in [0.3, 0.4) is 0 Å². The van der Waals surface area contributed by atoms with Crippen LogP contribution in [0.25, 0.3) is 0 Å². The minimum atomic E-state index is -4.02. The lowest BCUT2D eigenvalue weighted by atomic mass is 10.1. The van der Waals surface area contributed by atoms with Crippen molar-refractivity contribution in [3.05, 3.63) is 65.2 Å². The Bertz CT molecular complexity index is 1080. The normalized spacial score (nSPS) is 12.2. The predicted molar refractivity (Wildman–Crippen MR) is 118 cm³/mol. The van der Waals surface area contributed by atoms with Crippen LogP contribution in [0.2, 0.25) is 0 Å². The SMILES string of the molecule is CC[C@@H](C(=O)NC)N(Cc1ccc(C)cc1)C(=O)CN(c1ccc(F)c(F)c1)S(C)(=O)=O. The van der Waals surface area contributed by atoms with E-state index in [0.717, 1.165) is 29.5 Å². The fourth-order valence-electron chi connectivity index (χ4n) is 3.23. The van der Waals surface area contributed by atoms with Crippen molar-refractivity contribution in [1.82, 2.24) is 10.2 Å². The summed E-state index contributed by atoms with van der Waals surface area (Å²) in [5.74, 6) is -3.43. The molecule has 0 spiro atoms. The number of anilines is 1. The first-order valence-corrected chi connectivity index (χ1v) is 11.8. The van der Waals surface area contributed by atoms with Gasteiger partial charge >= 0.3 is 0 Å². The molecular formula is C22H27F2N3O4S. The first kappa shape index (κ1) is 25.3. The molecule has 0 aliphatic heterocycles. The number of nitrogens with one attached hydrogen (secondary N) is 1. The highest BCUT2D eigenvalue weighted by Gasteiger charge is 2.31. The van der Waals surface area contributed by atoms with E-state index in [0.29, 0.717) is 16.8 Å². The molecule has 0 aliphatic rings. The molecule has 0 heterocycles. The topological polar surface area (TPSA) is 86.8 Å². The zero-order valence-corrected chi connectivity index (χ0v) is 19.2. The maximum Gasteiger partial charge on any atom is 0.244 e. The number of likely N-dealkylation sites (N-methyl/N-ethyl adjacent to an activating group) is 1. The number of nitrogens with zero attached hydrogens (tertiary/aromatic N) is 2. The van der Waals surface area contributed by atoms with Gasteiger partial charge < -0.3 is 10.2 Å². The summed E-state index contributed by atoms with van der Waals surface area (Å²) in [5, 5.41) is 2.52. The molecule has 0 saturated carbocycles. The van der Waals surface area contributed by atoms with Gasteiger partial charge in [-0.15, -0.1) is 0 Å². The zero-order chi connectivity index (χ0) is 24.1. The number of carbonyl (C=O) groups excluding carboxylic acids is 2. The number of benzene rings is 2. The Balaban J connectivity index is 2.43. The molecule has 0 radical (unpaired) electrons. The molecule has 1 atom stereocenters. The molecule has 0 fully saturated rings. The summed E-state index contributed by atoms with van der Waals surface area (Å²) < 4.78 is 52.5. The molecule has 0 bridgehead atoms. The third-order valence-corrected chi connectivity index (χ3v) is 6.12. The van der Waals surface area contributed by atoms with E-state index in [-0.39, 0.29) is 12.2 Å². The van der Waals surface area contributed by atoms with E-state index in [2.05, 4.69) is 5.32 Å². The Kier molecular flexibility index (Phi) is 8.31. The molecule has 7 nitrogen and oxygen atoms in total. The van der Waals surface area contributed by atoms with Gasteiger partial charge in [-0.25, -0.2) is 17.2 Å². The lowest BCUT2D eigenvalue weighted by Gasteiger charge is -2.32. The van der Waals surface area contributed by atoms with Crippen molar-refractivity contribution in [2.75, 3.05) is 24.2 Å². The van der Waals surface area contributed by atoms with Gasteiger partial charge in [0.1, 0.15) is 12.6 Å². The largest absolute Gasteiger partial charge is 0.357 e. The van der Waals surface area contributed by atoms with E-state index >= 15 is 0 Å². The Morgan fingerprint density at radius 1 is 1.06 bits per heavy atom. The third kappa shape index (κ3) is 6.25. The molecule has 0 aromatic heterocycles. The summed E-state index contributed by atoms with van der Waals surface area (Å²) in [5.41, 5.74) is 1.58. The highest BCUT2D eigenvalue weighted by Crippen LogP contribution is 2.22. The van der Waals surface area contributed by atoms with Gasteiger partial charge in [-0.3, -0.25) is 13.9 Å². The molecule has 0 unspecified atom stereocenters. The molecule has 174 valence electrons. The standard InChI is InChI=1S/C22H27F2N3O4S/c1-5-20(22(29)25-3)26(13-16-8-6-15(2)7-9-16)21(28)14-27(32(4,30)31)17-10-11-18(23)19(24)12-17/h6-12,20H,5,13-14H2,1-4H3,(H,25,29)/t20-/m0/s1.